The van der Waals surface area contributed by atoms with E-state index in [2.05, 4.69) is 9.97 Å². The number of aromatic amines is 1. The van der Waals surface area contributed by atoms with Gasteiger partial charge < -0.3 is 14.5 Å². The van der Waals surface area contributed by atoms with Gasteiger partial charge in [-0.3, -0.25) is 14.6 Å². The number of carbonyl (C=O) groups is 1. The zero-order valence-electron chi connectivity index (χ0n) is 17.2. The fourth-order valence-corrected chi connectivity index (χ4v) is 3.74. The second-order valence-electron chi connectivity index (χ2n) is 7.75. The lowest BCUT2D eigenvalue weighted by Gasteiger charge is -2.07. The van der Waals surface area contributed by atoms with Crippen LogP contribution in [0, 0.1) is 13.8 Å². The number of nitrogens with one attached hydrogen (secondary N) is 1. The van der Waals surface area contributed by atoms with Crippen molar-refractivity contribution < 1.29 is 14.3 Å². The average molecular weight is 412 g/mol. The van der Waals surface area contributed by atoms with Gasteiger partial charge in [-0.2, -0.15) is 0 Å². The van der Waals surface area contributed by atoms with Crippen LogP contribution >= 0.6 is 0 Å². The van der Waals surface area contributed by atoms with Crippen LogP contribution in [0.15, 0.2) is 59.7 Å². The molecule has 0 unspecified atom stereocenters. The zero-order valence-corrected chi connectivity index (χ0v) is 17.2. The highest BCUT2D eigenvalue weighted by molar-refractivity contribution is 6.07. The van der Waals surface area contributed by atoms with Crippen molar-refractivity contribution >= 4 is 16.7 Å². The topological polar surface area (TPSA) is 81.3 Å². The Balaban J connectivity index is 1.47. The molecule has 5 rings (SSSR count). The molecule has 2 aromatic carbocycles. The summed E-state index contributed by atoms with van der Waals surface area (Å²) in [4.78, 5) is 33.4. The fraction of sp³-hybridized carbons (Fsp3) is 0.160. The van der Waals surface area contributed by atoms with Crippen molar-refractivity contribution in [1.29, 1.82) is 0 Å². The molecule has 4 aromatic rings. The number of ether oxygens (including phenoxy) is 2. The van der Waals surface area contributed by atoms with Crippen molar-refractivity contribution in [1.82, 2.24) is 9.97 Å². The SMILES string of the molecule is Cc1ccc(C(=O)c2cc(Cc3c[nH]c4cc5c(cc4c3=O)OCO5)ccn2)cc1C. The summed E-state index contributed by atoms with van der Waals surface area (Å²) < 4.78 is 10.8. The van der Waals surface area contributed by atoms with Gasteiger partial charge in [0.2, 0.25) is 12.6 Å². The van der Waals surface area contributed by atoms with Gasteiger partial charge in [0.05, 0.1) is 5.52 Å². The van der Waals surface area contributed by atoms with Crippen LogP contribution in [0.5, 0.6) is 11.5 Å². The summed E-state index contributed by atoms with van der Waals surface area (Å²) in [7, 11) is 0. The number of hydrogen-bond acceptors (Lipinski definition) is 5. The van der Waals surface area contributed by atoms with Crippen LogP contribution in [0.1, 0.15) is 38.3 Å². The largest absolute Gasteiger partial charge is 0.454 e. The first kappa shape index (κ1) is 19.1. The Kier molecular flexibility index (Phi) is 4.55. The summed E-state index contributed by atoms with van der Waals surface area (Å²) in [5.41, 5.74) is 5.22. The second-order valence-corrected chi connectivity index (χ2v) is 7.75. The van der Waals surface area contributed by atoms with Gasteiger partial charge in [0.1, 0.15) is 5.69 Å². The van der Waals surface area contributed by atoms with Crippen molar-refractivity contribution in [2.45, 2.75) is 20.3 Å². The monoisotopic (exact) mass is 412 g/mol. The molecule has 0 radical (unpaired) electrons. The third-order valence-electron chi connectivity index (χ3n) is 5.67. The van der Waals surface area contributed by atoms with Gasteiger partial charge in [0.25, 0.3) is 0 Å². The number of H-pyrrole nitrogens is 1. The van der Waals surface area contributed by atoms with E-state index >= 15 is 0 Å². The van der Waals surface area contributed by atoms with E-state index in [0.29, 0.717) is 45.6 Å². The number of ketones is 1. The Morgan fingerprint density at radius 1 is 1.03 bits per heavy atom. The molecular formula is C25H20N2O4. The summed E-state index contributed by atoms with van der Waals surface area (Å²) in [6.07, 6.45) is 3.70. The van der Waals surface area contributed by atoms with Gasteiger partial charge in [-0.05, 0) is 54.8 Å². The Morgan fingerprint density at radius 2 is 1.84 bits per heavy atom. The smallest absolute Gasteiger partial charge is 0.231 e. The minimum Gasteiger partial charge on any atom is -0.454 e. The van der Waals surface area contributed by atoms with Crippen LogP contribution in [0.4, 0.5) is 0 Å². The normalized spacial score (nSPS) is 12.3. The predicted molar refractivity (Wildman–Crippen MR) is 117 cm³/mol. The van der Waals surface area contributed by atoms with Gasteiger partial charge in [-0.15, -0.1) is 0 Å². The van der Waals surface area contributed by atoms with E-state index in [9.17, 15) is 9.59 Å². The minimum absolute atomic E-state index is 0.0779. The summed E-state index contributed by atoms with van der Waals surface area (Å²) >= 11 is 0. The zero-order chi connectivity index (χ0) is 21.5. The molecule has 3 heterocycles. The van der Waals surface area contributed by atoms with E-state index < -0.39 is 0 Å². The lowest BCUT2D eigenvalue weighted by atomic mass is 9.99. The summed E-state index contributed by atoms with van der Waals surface area (Å²) in [5.74, 6) is 1.06. The van der Waals surface area contributed by atoms with Crippen molar-refractivity contribution in [3.63, 3.8) is 0 Å². The van der Waals surface area contributed by atoms with Gasteiger partial charge >= 0.3 is 0 Å². The second kappa shape index (κ2) is 7.40. The standard InChI is InChI=1S/C25H20N2O4/c1-14-3-4-17(7-15(14)2)25(29)21-9-16(5-6-26-21)8-18-12-27-20-11-23-22(30-13-31-23)10-19(20)24(18)28/h3-7,9-12H,8,13H2,1-2H3,(H,27,28). The average Bonchev–Trinajstić information content (AvgIpc) is 3.24. The molecule has 31 heavy (non-hydrogen) atoms. The Morgan fingerprint density at radius 3 is 2.65 bits per heavy atom. The molecule has 0 amide bonds. The first-order valence-corrected chi connectivity index (χ1v) is 10.0. The van der Waals surface area contributed by atoms with Gasteiger partial charge in [-0.25, -0.2) is 0 Å². The molecule has 1 aliphatic heterocycles. The molecule has 0 fully saturated rings. The molecule has 0 atom stereocenters. The van der Waals surface area contributed by atoms with E-state index in [1.54, 1.807) is 30.6 Å². The van der Waals surface area contributed by atoms with E-state index in [-0.39, 0.29) is 18.0 Å². The maximum absolute atomic E-state index is 13.0. The highest BCUT2D eigenvalue weighted by Crippen LogP contribution is 2.34. The number of carbonyl (C=O) groups excluding carboxylic acids is 1. The highest BCUT2D eigenvalue weighted by atomic mass is 16.7. The highest BCUT2D eigenvalue weighted by Gasteiger charge is 2.17. The third-order valence-corrected chi connectivity index (χ3v) is 5.67. The Labute approximate surface area is 178 Å². The van der Waals surface area contributed by atoms with E-state index in [1.807, 2.05) is 38.1 Å². The van der Waals surface area contributed by atoms with Crippen LogP contribution in [-0.4, -0.2) is 22.5 Å². The Bertz CT molecular complexity index is 1400. The van der Waals surface area contributed by atoms with Crippen molar-refractivity contribution in [3.8, 4) is 11.5 Å². The summed E-state index contributed by atoms with van der Waals surface area (Å²) in [6.45, 7) is 4.15. The van der Waals surface area contributed by atoms with E-state index in [1.165, 1.54) is 0 Å². The number of benzene rings is 2. The van der Waals surface area contributed by atoms with Crippen LogP contribution in [0.2, 0.25) is 0 Å². The number of nitrogens with zero attached hydrogens (tertiary/aromatic N) is 1. The molecule has 0 spiro atoms. The molecule has 0 saturated heterocycles. The van der Waals surface area contributed by atoms with Crippen LogP contribution in [0.25, 0.3) is 10.9 Å². The maximum atomic E-state index is 13.0. The lowest BCUT2D eigenvalue weighted by Crippen LogP contribution is -2.11. The number of pyridine rings is 2. The van der Waals surface area contributed by atoms with Crippen LogP contribution in [-0.2, 0) is 6.42 Å². The number of aryl methyl sites for hydroxylation is 2. The summed E-state index contributed by atoms with van der Waals surface area (Å²) in [6, 6.07) is 12.7. The minimum atomic E-state index is -0.134. The molecule has 1 aliphatic rings. The van der Waals surface area contributed by atoms with E-state index in [4.69, 9.17) is 9.47 Å². The predicted octanol–water partition coefficient (Wildman–Crippen LogP) is 4.09. The molecule has 0 bridgehead atoms. The first-order chi connectivity index (χ1) is 15.0. The molecule has 1 N–H and O–H groups in total. The quantitative estimate of drug-likeness (QED) is 0.511. The first-order valence-electron chi connectivity index (χ1n) is 10.0. The van der Waals surface area contributed by atoms with Crippen molar-refractivity contribution in [2.24, 2.45) is 0 Å². The summed E-state index contributed by atoms with van der Waals surface area (Å²) in [5, 5.41) is 0.544. The molecule has 0 saturated carbocycles. The number of aromatic nitrogens is 2. The molecule has 2 aromatic heterocycles. The number of hydrogen-bond donors (Lipinski definition) is 1. The maximum Gasteiger partial charge on any atom is 0.231 e. The number of fused-ring (bicyclic) bond motifs is 2. The van der Waals surface area contributed by atoms with Gasteiger partial charge in [-0.1, -0.05) is 12.1 Å². The molecule has 6 nitrogen and oxygen atoms in total. The van der Waals surface area contributed by atoms with Gasteiger partial charge in [0.15, 0.2) is 16.9 Å². The van der Waals surface area contributed by atoms with Crippen LogP contribution < -0.4 is 14.9 Å². The van der Waals surface area contributed by atoms with Crippen molar-refractivity contribution in [3.05, 3.63) is 98.6 Å². The van der Waals surface area contributed by atoms with Crippen LogP contribution in [0.3, 0.4) is 0 Å². The molecular weight excluding hydrogens is 392 g/mol. The fourth-order valence-electron chi connectivity index (χ4n) is 3.74. The lowest BCUT2D eigenvalue weighted by molar-refractivity contribution is 0.103. The molecule has 6 heteroatoms. The van der Waals surface area contributed by atoms with Crippen molar-refractivity contribution in [2.75, 3.05) is 6.79 Å². The van der Waals surface area contributed by atoms with E-state index in [0.717, 1.165) is 16.7 Å². The molecule has 0 aliphatic carbocycles. The third kappa shape index (κ3) is 3.46. The molecule has 154 valence electrons. The van der Waals surface area contributed by atoms with Gasteiger partial charge in [0, 0.05) is 41.4 Å². The Hall–Kier alpha value is -3.93. The number of rotatable bonds is 4.